The Hall–Kier alpha value is -2.24. The van der Waals surface area contributed by atoms with E-state index in [4.69, 9.17) is 0 Å². The van der Waals surface area contributed by atoms with Crippen molar-refractivity contribution in [2.24, 2.45) is 0 Å². The lowest BCUT2D eigenvalue weighted by Gasteiger charge is -2.23. The zero-order valence-corrected chi connectivity index (χ0v) is 10.7. The van der Waals surface area contributed by atoms with Crippen LogP contribution in [0.3, 0.4) is 0 Å². The maximum Gasteiger partial charge on any atom is 0.225 e. The average molecular weight is 272 g/mol. The van der Waals surface area contributed by atoms with E-state index in [9.17, 15) is 9.18 Å². The average Bonchev–Trinajstić information content (AvgIpc) is 3.16. The van der Waals surface area contributed by atoms with Gasteiger partial charge >= 0.3 is 0 Å². The summed E-state index contributed by atoms with van der Waals surface area (Å²) in [5, 5.41) is 9.89. The number of halogens is 1. The van der Waals surface area contributed by atoms with Gasteiger partial charge < -0.3 is 5.32 Å². The van der Waals surface area contributed by atoms with Crippen molar-refractivity contribution in [3.8, 4) is 0 Å². The van der Waals surface area contributed by atoms with Crippen molar-refractivity contribution in [1.29, 1.82) is 0 Å². The molecule has 1 fully saturated rings. The van der Waals surface area contributed by atoms with E-state index in [1.807, 2.05) is 0 Å². The summed E-state index contributed by atoms with van der Waals surface area (Å²) < 4.78 is 13.5. The van der Waals surface area contributed by atoms with Crippen LogP contribution in [-0.2, 0) is 4.79 Å². The number of aromatic amines is 1. The number of fused-ring (bicyclic) bond motifs is 1. The Morgan fingerprint density at radius 1 is 1.30 bits per heavy atom. The summed E-state index contributed by atoms with van der Waals surface area (Å²) in [6, 6.07) is 4.39. The number of rotatable bonds is 2. The fourth-order valence-electron chi connectivity index (χ4n) is 2.64. The predicted molar refractivity (Wildman–Crippen MR) is 69.8 cm³/mol. The fourth-order valence-corrected chi connectivity index (χ4v) is 2.64. The van der Waals surface area contributed by atoms with E-state index in [-0.39, 0.29) is 24.1 Å². The minimum Gasteiger partial charge on any atom is -0.326 e. The second-order valence-corrected chi connectivity index (χ2v) is 5.39. The molecule has 1 aliphatic heterocycles. The molecule has 0 bridgehead atoms. The Bertz CT molecular complexity index is 692. The highest BCUT2D eigenvalue weighted by atomic mass is 19.1. The van der Waals surface area contributed by atoms with Gasteiger partial charge in [-0.05, 0) is 36.6 Å². The number of aromatic nitrogens is 3. The van der Waals surface area contributed by atoms with E-state index in [0.29, 0.717) is 17.4 Å². The number of nitrogens with one attached hydrogen (secondary N) is 2. The van der Waals surface area contributed by atoms with E-state index in [1.165, 1.54) is 12.1 Å². The normalized spacial score (nSPS) is 21.4. The quantitative estimate of drug-likeness (QED) is 0.881. The molecule has 2 heterocycles. The highest BCUT2D eigenvalue weighted by Gasteiger charge is 2.32. The lowest BCUT2D eigenvalue weighted by molar-refractivity contribution is -0.116. The number of carbonyl (C=O) groups excluding carboxylic acids is 1. The monoisotopic (exact) mass is 272 g/mol. The Labute approximate surface area is 114 Å². The van der Waals surface area contributed by atoms with Gasteiger partial charge in [-0.25, -0.2) is 9.37 Å². The molecule has 6 heteroatoms. The maximum absolute atomic E-state index is 13.5. The van der Waals surface area contributed by atoms with E-state index >= 15 is 0 Å². The van der Waals surface area contributed by atoms with Gasteiger partial charge in [-0.2, -0.15) is 5.10 Å². The highest BCUT2D eigenvalue weighted by Crippen LogP contribution is 2.40. The lowest BCUT2D eigenvalue weighted by atomic mass is 9.90. The second kappa shape index (κ2) is 4.13. The molecule has 1 unspecified atom stereocenters. The number of hydrogen-bond donors (Lipinski definition) is 2. The van der Waals surface area contributed by atoms with Gasteiger partial charge in [0.25, 0.3) is 0 Å². The van der Waals surface area contributed by atoms with Gasteiger partial charge in [0.2, 0.25) is 5.91 Å². The van der Waals surface area contributed by atoms with E-state index in [0.717, 1.165) is 24.2 Å². The molecule has 1 saturated carbocycles. The SMILES string of the molecule is O=C1CC(c2nc(C3CC3)n[nH]2)c2cc(F)ccc2N1. The molecule has 1 aliphatic carbocycles. The molecule has 2 aromatic rings. The third-order valence-corrected chi connectivity index (χ3v) is 3.85. The first-order valence-corrected chi connectivity index (χ1v) is 6.72. The molecule has 0 saturated heterocycles. The second-order valence-electron chi connectivity index (χ2n) is 5.39. The third kappa shape index (κ3) is 1.88. The van der Waals surface area contributed by atoms with Crippen LogP contribution in [-0.4, -0.2) is 21.1 Å². The Morgan fingerprint density at radius 3 is 2.95 bits per heavy atom. The summed E-state index contributed by atoms with van der Waals surface area (Å²) in [7, 11) is 0. The van der Waals surface area contributed by atoms with Crippen LogP contribution in [0, 0.1) is 5.82 Å². The van der Waals surface area contributed by atoms with Crippen LogP contribution >= 0.6 is 0 Å². The van der Waals surface area contributed by atoms with Crippen molar-refractivity contribution in [1.82, 2.24) is 15.2 Å². The number of nitrogens with zero attached hydrogens (tertiary/aromatic N) is 2. The molecular formula is C14H13FN4O. The first-order chi connectivity index (χ1) is 9.70. The number of H-pyrrole nitrogens is 1. The molecule has 0 spiro atoms. The Morgan fingerprint density at radius 2 is 2.15 bits per heavy atom. The maximum atomic E-state index is 13.5. The van der Waals surface area contributed by atoms with Crippen LogP contribution in [0.2, 0.25) is 0 Å². The van der Waals surface area contributed by atoms with Crippen LogP contribution in [0.25, 0.3) is 0 Å². The van der Waals surface area contributed by atoms with E-state index in [2.05, 4.69) is 20.5 Å². The van der Waals surface area contributed by atoms with Crippen molar-refractivity contribution in [2.45, 2.75) is 31.1 Å². The number of hydrogen-bond acceptors (Lipinski definition) is 3. The van der Waals surface area contributed by atoms with E-state index in [1.54, 1.807) is 6.07 Å². The molecule has 4 rings (SSSR count). The summed E-state index contributed by atoms with van der Waals surface area (Å²) >= 11 is 0. The largest absolute Gasteiger partial charge is 0.326 e. The van der Waals surface area contributed by atoms with Crippen molar-refractivity contribution in [3.63, 3.8) is 0 Å². The first-order valence-electron chi connectivity index (χ1n) is 6.72. The minimum absolute atomic E-state index is 0.0847. The van der Waals surface area contributed by atoms with Crippen molar-refractivity contribution in [2.75, 3.05) is 5.32 Å². The molecular weight excluding hydrogens is 259 g/mol. The molecule has 1 aromatic heterocycles. The molecule has 2 N–H and O–H groups in total. The molecule has 5 nitrogen and oxygen atoms in total. The van der Waals surface area contributed by atoms with Gasteiger partial charge in [-0.3, -0.25) is 9.89 Å². The fraction of sp³-hybridized carbons (Fsp3) is 0.357. The topological polar surface area (TPSA) is 70.7 Å². The third-order valence-electron chi connectivity index (χ3n) is 3.85. The summed E-state index contributed by atoms with van der Waals surface area (Å²) in [6.07, 6.45) is 2.50. The summed E-state index contributed by atoms with van der Waals surface area (Å²) in [5.41, 5.74) is 1.40. The van der Waals surface area contributed by atoms with Crippen LogP contribution < -0.4 is 5.32 Å². The number of amides is 1. The van der Waals surface area contributed by atoms with Gasteiger partial charge in [-0.1, -0.05) is 0 Å². The molecule has 1 amide bonds. The minimum atomic E-state index is -0.313. The lowest BCUT2D eigenvalue weighted by Crippen LogP contribution is -2.24. The standard InChI is InChI=1S/C14H13FN4O/c15-8-3-4-11-9(5-8)10(6-12(20)16-11)14-17-13(18-19-14)7-1-2-7/h3-5,7,10H,1-2,6H2,(H,16,20)(H,17,18,19). The zero-order chi connectivity index (χ0) is 13.7. The van der Waals surface area contributed by atoms with Crippen LogP contribution in [0.4, 0.5) is 10.1 Å². The van der Waals surface area contributed by atoms with Gasteiger partial charge in [-0.15, -0.1) is 0 Å². The molecule has 0 radical (unpaired) electrons. The summed E-state index contributed by atoms with van der Waals surface area (Å²) in [6.45, 7) is 0. The smallest absolute Gasteiger partial charge is 0.225 e. The number of anilines is 1. The molecule has 1 aromatic carbocycles. The van der Waals surface area contributed by atoms with Crippen LogP contribution in [0.1, 0.15) is 48.3 Å². The van der Waals surface area contributed by atoms with Gasteiger partial charge in [0.05, 0.1) is 5.92 Å². The molecule has 102 valence electrons. The Balaban J connectivity index is 1.76. The molecule has 2 aliphatic rings. The molecule has 1 atom stereocenters. The summed E-state index contributed by atoms with van der Waals surface area (Å²) in [5.74, 6) is 1.25. The summed E-state index contributed by atoms with van der Waals surface area (Å²) in [4.78, 5) is 16.3. The van der Waals surface area contributed by atoms with Crippen LogP contribution in [0.5, 0.6) is 0 Å². The van der Waals surface area contributed by atoms with E-state index < -0.39 is 0 Å². The van der Waals surface area contributed by atoms with Crippen LogP contribution in [0.15, 0.2) is 18.2 Å². The van der Waals surface area contributed by atoms with Crippen molar-refractivity contribution >= 4 is 11.6 Å². The number of carbonyl (C=O) groups is 1. The van der Waals surface area contributed by atoms with Gasteiger partial charge in [0, 0.05) is 18.0 Å². The number of benzene rings is 1. The van der Waals surface area contributed by atoms with Crippen molar-refractivity contribution < 1.29 is 9.18 Å². The first kappa shape index (κ1) is 11.6. The predicted octanol–water partition coefficient (Wildman–Crippen LogP) is 2.30. The highest BCUT2D eigenvalue weighted by molar-refractivity contribution is 5.95. The van der Waals surface area contributed by atoms with Crippen molar-refractivity contribution in [3.05, 3.63) is 41.2 Å². The Kier molecular flexibility index (Phi) is 2.39. The van der Waals surface area contributed by atoms with Gasteiger partial charge in [0.1, 0.15) is 11.6 Å². The molecule has 20 heavy (non-hydrogen) atoms. The zero-order valence-electron chi connectivity index (χ0n) is 10.7. The van der Waals surface area contributed by atoms with Gasteiger partial charge in [0.15, 0.2) is 5.82 Å².